The molecule has 1 saturated heterocycles. The van der Waals surface area contributed by atoms with Gasteiger partial charge in [0.05, 0.1) is 25.5 Å². The molecular formula is C10H19N5O. The fourth-order valence-electron chi connectivity index (χ4n) is 1.86. The first-order valence-electron chi connectivity index (χ1n) is 5.70. The van der Waals surface area contributed by atoms with Gasteiger partial charge in [-0.3, -0.25) is 9.58 Å². The van der Waals surface area contributed by atoms with Gasteiger partial charge >= 0.3 is 0 Å². The SMILES string of the molecule is CC1COCCN1Cc1cn(CCN)nn1. The van der Waals surface area contributed by atoms with Crippen molar-refractivity contribution in [1.82, 2.24) is 19.9 Å². The molecule has 6 heteroatoms. The zero-order valence-corrected chi connectivity index (χ0v) is 9.67. The van der Waals surface area contributed by atoms with Gasteiger partial charge in [0, 0.05) is 31.9 Å². The highest BCUT2D eigenvalue weighted by Gasteiger charge is 2.19. The van der Waals surface area contributed by atoms with Crippen LogP contribution in [0, 0.1) is 0 Å². The van der Waals surface area contributed by atoms with E-state index in [0.717, 1.165) is 38.5 Å². The van der Waals surface area contributed by atoms with Gasteiger partial charge in [0.15, 0.2) is 0 Å². The van der Waals surface area contributed by atoms with Crippen LogP contribution in [0.4, 0.5) is 0 Å². The van der Waals surface area contributed by atoms with Crippen LogP contribution in [0.3, 0.4) is 0 Å². The number of rotatable bonds is 4. The molecule has 90 valence electrons. The summed E-state index contributed by atoms with van der Waals surface area (Å²) in [7, 11) is 0. The lowest BCUT2D eigenvalue weighted by Crippen LogP contribution is -2.42. The van der Waals surface area contributed by atoms with Crippen LogP contribution < -0.4 is 5.73 Å². The molecule has 0 aromatic carbocycles. The molecule has 0 saturated carbocycles. The lowest BCUT2D eigenvalue weighted by molar-refractivity contribution is -0.00492. The second kappa shape index (κ2) is 5.38. The van der Waals surface area contributed by atoms with E-state index in [0.29, 0.717) is 12.6 Å². The van der Waals surface area contributed by atoms with E-state index in [9.17, 15) is 0 Å². The minimum absolute atomic E-state index is 0.452. The molecule has 2 N–H and O–H groups in total. The van der Waals surface area contributed by atoms with E-state index in [1.807, 2.05) is 6.20 Å². The average molecular weight is 225 g/mol. The zero-order chi connectivity index (χ0) is 11.4. The Bertz CT molecular complexity index is 327. The van der Waals surface area contributed by atoms with Gasteiger partial charge in [-0.05, 0) is 6.92 Å². The predicted molar refractivity (Wildman–Crippen MR) is 59.8 cm³/mol. The summed E-state index contributed by atoms with van der Waals surface area (Å²) in [5.74, 6) is 0. The Morgan fingerprint density at radius 2 is 2.50 bits per heavy atom. The Hall–Kier alpha value is -0.980. The standard InChI is InChI=1S/C10H19N5O/c1-9-8-16-5-4-14(9)6-10-7-15(3-2-11)13-12-10/h7,9H,2-6,8,11H2,1H3. The van der Waals surface area contributed by atoms with E-state index in [-0.39, 0.29) is 0 Å². The number of hydrogen-bond donors (Lipinski definition) is 1. The fraction of sp³-hybridized carbons (Fsp3) is 0.800. The van der Waals surface area contributed by atoms with Gasteiger partial charge in [0.2, 0.25) is 0 Å². The third-order valence-electron chi connectivity index (χ3n) is 2.81. The van der Waals surface area contributed by atoms with Gasteiger partial charge in [-0.25, -0.2) is 0 Å². The van der Waals surface area contributed by atoms with E-state index in [1.54, 1.807) is 4.68 Å². The Labute approximate surface area is 95.4 Å². The second-order valence-corrected chi connectivity index (χ2v) is 4.16. The van der Waals surface area contributed by atoms with Crippen molar-refractivity contribution in [3.8, 4) is 0 Å². The monoisotopic (exact) mass is 225 g/mol. The van der Waals surface area contributed by atoms with E-state index in [2.05, 4.69) is 22.1 Å². The smallest absolute Gasteiger partial charge is 0.0967 e. The quantitative estimate of drug-likeness (QED) is 0.745. The molecule has 0 amide bonds. The Morgan fingerprint density at radius 1 is 1.62 bits per heavy atom. The van der Waals surface area contributed by atoms with Crippen LogP contribution in [-0.2, 0) is 17.8 Å². The lowest BCUT2D eigenvalue weighted by Gasteiger charge is -2.32. The zero-order valence-electron chi connectivity index (χ0n) is 9.67. The maximum atomic E-state index is 5.46. The van der Waals surface area contributed by atoms with Crippen LogP contribution in [0.5, 0.6) is 0 Å². The van der Waals surface area contributed by atoms with Crippen LogP contribution >= 0.6 is 0 Å². The Balaban J connectivity index is 1.91. The first-order chi connectivity index (χ1) is 7.79. The van der Waals surface area contributed by atoms with Crippen molar-refractivity contribution in [1.29, 1.82) is 0 Å². The van der Waals surface area contributed by atoms with E-state index in [1.165, 1.54) is 0 Å². The van der Waals surface area contributed by atoms with Crippen LogP contribution in [0.15, 0.2) is 6.20 Å². The number of hydrogen-bond acceptors (Lipinski definition) is 5. The van der Waals surface area contributed by atoms with Gasteiger partial charge in [-0.1, -0.05) is 5.21 Å². The molecule has 0 bridgehead atoms. The lowest BCUT2D eigenvalue weighted by atomic mass is 10.2. The molecule has 1 unspecified atom stereocenters. The molecule has 16 heavy (non-hydrogen) atoms. The summed E-state index contributed by atoms with van der Waals surface area (Å²) in [5.41, 5.74) is 6.46. The summed E-state index contributed by atoms with van der Waals surface area (Å²) in [5, 5.41) is 8.16. The largest absolute Gasteiger partial charge is 0.379 e. The van der Waals surface area contributed by atoms with Gasteiger partial charge in [-0.15, -0.1) is 5.10 Å². The molecule has 1 aliphatic heterocycles. The molecule has 1 aromatic rings. The van der Waals surface area contributed by atoms with Crippen molar-refractivity contribution in [3.63, 3.8) is 0 Å². The third kappa shape index (κ3) is 2.78. The number of morpholine rings is 1. The summed E-state index contributed by atoms with van der Waals surface area (Å²) in [6, 6.07) is 0.452. The summed E-state index contributed by atoms with van der Waals surface area (Å²) in [6.07, 6.45) is 1.97. The minimum Gasteiger partial charge on any atom is -0.379 e. The average Bonchev–Trinajstić information content (AvgIpc) is 2.70. The molecule has 1 atom stereocenters. The van der Waals surface area contributed by atoms with Crippen molar-refractivity contribution in [3.05, 3.63) is 11.9 Å². The number of aromatic nitrogens is 3. The highest BCUT2D eigenvalue weighted by atomic mass is 16.5. The van der Waals surface area contributed by atoms with Crippen molar-refractivity contribution >= 4 is 0 Å². The molecule has 2 heterocycles. The van der Waals surface area contributed by atoms with E-state index in [4.69, 9.17) is 10.5 Å². The topological polar surface area (TPSA) is 69.2 Å². The van der Waals surface area contributed by atoms with Crippen LogP contribution in [0.1, 0.15) is 12.6 Å². The molecule has 2 rings (SSSR count). The molecule has 0 radical (unpaired) electrons. The predicted octanol–water partition coefficient (Wildman–Crippen LogP) is -0.542. The van der Waals surface area contributed by atoms with Crippen LogP contribution in [0.2, 0.25) is 0 Å². The molecule has 1 fully saturated rings. The number of ether oxygens (including phenoxy) is 1. The van der Waals surface area contributed by atoms with E-state index < -0.39 is 0 Å². The van der Waals surface area contributed by atoms with Crippen molar-refractivity contribution in [2.24, 2.45) is 5.73 Å². The van der Waals surface area contributed by atoms with Gasteiger partial charge < -0.3 is 10.5 Å². The summed E-state index contributed by atoms with van der Waals surface area (Å²) in [6.45, 7) is 6.91. The van der Waals surface area contributed by atoms with Gasteiger partial charge in [0.25, 0.3) is 0 Å². The molecule has 0 aliphatic carbocycles. The van der Waals surface area contributed by atoms with Gasteiger partial charge in [-0.2, -0.15) is 0 Å². The van der Waals surface area contributed by atoms with E-state index >= 15 is 0 Å². The first kappa shape index (κ1) is 11.5. The van der Waals surface area contributed by atoms with Crippen LogP contribution in [0.25, 0.3) is 0 Å². The maximum absolute atomic E-state index is 5.46. The summed E-state index contributed by atoms with van der Waals surface area (Å²) >= 11 is 0. The molecule has 1 aromatic heterocycles. The van der Waals surface area contributed by atoms with Crippen molar-refractivity contribution in [2.75, 3.05) is 26.3 Å². The minimum atomic E-state index is 0.452. The van der Waals surface area contributed by atoms with Gasteiger partial charge in [0.1, 0.15) is 0 Å². The molecule has 6 nitrogen and oxygen atoms in total. The third-order valence-corrected chi connectivity index (χ3v) is 2.81. The highest BCUT2D eigenvalue weighted by molar-refractivity contribution is 4.93. The summed E-state index contributed by atoms with van der Waals surface area (Å²) < 4.78 is 7.19. The first-order valence-corrected chi connectivity index (χ1v) is 5.70. The Morgan fingerprint density at radius 3 is 3.25 bits per heavy atom. The summed E-state index contributed by atoms with van der Waals surface area (Å²) in [4.78, 5) is 2.36. The molecule has 1 aliphatic rings. The highest BCUT2D eigenvalue weighted by Crippen LogP contribution is 2.09. The normalized spacial score (nSPS) is 22.5. The fourth-order valence-corrected chi connectivity index (χ4v) is 1.86. The van der Waals surface area contributed by atoms with Crippen molar-refractivity contribution in [2.45, 2.75) is 26.1 Å². The molecule has 0 spiro atoms. The molecular weight excluding hydrogens is 206 g/mol. The number of nitrogens with two attached hydrogens (primary N) is 1. The second-order valence-electron chi connectivity index (χ2n) is 4.16. The van der Waals surface area contributed by atoms with Crippen molar-refractivity contribution < 1.29 is 4.74 Å². The Kier molecular flexibility index (Phi) is 3.87. The van der Waals surface area contributed by atoms with Crippen LogP contribution in [-0.4, -0.2) is 52.2 Å². The number of nitrogens with zero attached hydrogens (tertiary/aromatic N) is 4. The maximum Gasteiger partial charge on any atom is 0.0967 e.